The Morgan fingerprint density at radius 1 is 0.706 bits per heavy atom. The van der Waals surface area contributed by atoms with E-state index in [0.29, 0.717) is 24.3 Å². The second-order valence-electron chi connectivity index (χ2n) is 2.00. The van der Waals surface area contributed by atoms with E-state index in [1.165, 1.54) is 0 Å². The van der Waals surface area contributed by atoms with Crippen LogP contribution >= 0.6 is 0 Å². The standard InChI is InChI=1S/2C4H4O4.Na/c2*5-3(6)1-2-4(7)8;/h2*1-2H,(H,5,6)(H,7,8);/q;;+1/p-1/b2*2-1+;. The molecule has 0 aromatic carbocycles. The summed E-state index contributed by atoms with van der Waals surface area (Å²) in [4.78, 5) is 38.1. The fourth-order valence-corrected chi connectivity index (χ4v) is 0.282. The maximum Gasteiger partial charge on any atom is 1.00 e. The van der Waals surface area contributed by atoms with Crippen molar-refractivity contribution in [1.82, 2.24) is 0 Å². The molecule has 0 atom stereocenters. The molecule has 0 aromatic rings. The summed E-state index contributed by atoms with van der Waals surface area (Å²) < 4.78 is 0. The minimum absolute atomic E-state index is 0. The molecule has 0 fully saturated rings. The van der Waals surface area contributed by atoms with Crippen molar-refractivity contribution >= 4 is 23.9 Å². The number of aliphatic carboxylic acids is 4. The quantitative estimate of drug-likeness (QED) is 0.333. The van der Waals surface area contributed by atoms with Crippen LogP contribution in [0.25, 0.3) is 0 Å². The maximum atomic E-state index is 9.55. The van der Waals surface area contributed by atoms with Crippen LogP contribution in [0.3, 0.4) is 0 Å². The van der Waals surface area contributed by atoms with E-state index in [9.17, 15) is 24.3 Å². The fraction of sp³-hybridized carbons (Fsp3) is 0. The number of hydrogen-bond donors (Lipinski definition) is 3. The van der Waals surface area contributed by atoms with Gasteiger partial charge in [0.2, 0.25) is 0 Å². The number of rotatable bonds is 4. The topological polar surface area (TPSA) is 152 Å². The summed E-state index contributed by atoms with van der Waals surface area (Å²) in [6, 6.07) is 0. The third kappa shape index (κ3) is 31.4. The molecule has 0 unspecified atom stereocenters. The average Bonchev–Trinajstić information content (AvgIpc) is 2.12. The molecule has 17 heavy (non-hydrogen) atoms. The van der Waals surface area contributed by atoms with E-state index < -0.39 is 23.9 Å². The molecule has 0 aliphatic rings. The molecule has 0 amide bonds. The fourth-order valence-electron chi connectivity index (χ4n) is 0.282. The molecule has 3 N–H and O–H groups in total. The zero-order chi connectivity index (χ0) is 13.1. The van der Waals surface area contributed by atoms with Crippen LogP contribution in [0.4, 0.5) is 0 Å². The Labute approximate surface area is 117 Å². The molecule has 9 heteroatoms. The van der Waals surface area contributed by atoms with Gasteiger partial charge in [0.15, 0.2) is 0 Å². The Kier molecular flexibility index (Phi) is 15.2. The number of carboxylic acids is 4. The van der Waals surface area contributed by atoms with E-state index in [1.54, 1.807) is 0 Å². The molecule has 0 saturated carbocycles. The van der Waals surface area contributed by atoms with E-state index in [4.69, 9.17) is 15.3 Å². The van der Waals surface area contributed by atoms with Crippen molar-refractivity contribution in [2.75, 3.05) is 0 Å². The second-order valence-corrected chi connectivity index (χ2v) is 2.00. The number of carbonyl (C=O) groups is 4. The van der Waals surface area contributed by atoms with Crippen molar-refractivity contribution in [3.8, 4) is 0 Å². The van der Waals surface area contributed by atoms with Crippen LogP contribution in [0.1, 0.15) is 0 Å². The molecule has 0 saturated heterocycles. The summed E-state index contributed by atoms with van der Waals surface area (Å²) >= 11 is 0. The van der Waals surface area contributed by atoms with Gasteiger partial charge in [0.1, 0.15) is 0 Å². The Morgan fingerprint density at radius 3 is 1.06 bits per heavy atom. The minimum Gasteiger partial charge on any atom is -0.545 e. The predicted octanol–water partition coefficient (Wildman–Crippen LogP) is -4.91. The molecule has 0 aliphatic heterocycles. The zero-order valence-electron chi connectivity index (χ0n) is 8.69. The van der Waals surface area contributed by atoms with E-state index in [1.807, 2.05) is 0 Å². The van der Waals surface area contributed by atoms with E-state index in [0.717, 1.165) is 0 Å². The van der Waals surface area contributed by atoms with Crippen LogP contribution < -0.4 is 34.7 Å². The molecular weight excluding hydrogens is 247 g/mol. The molecule has 0 spiro atoms. The van der Waals surface area contributed by atoms with Gasteiger partial charge >= 0.3 is 47.5 Å². The van der Waals surface area contributed by atoms with Gasteiger partial charge in [-0.2, -0.15) is 0 Å². The smallest absolute Gasteiger partial charge is 0.545 e. The zero-order valence-corrected chi connectivity index (χ0v) is 10.7. The first-order valence-electron chi connectivity index (χ1n) is 3.51. The summed E-state index contributed by atoms with van der Waals surface area (Å²) in [6.07, 6.45) is 2.06. The summed E-state index contributed by atoms with van der Waals surface area (Å²) in [7, 11) is 0. The Balaban J connectivity index is -0.000000218. The van der Waals surface area contributed by atoms with Crippen molar-refractivity contribution in [2.24, 2.45) is 0 Å². The van der Waals surface area contributed by atoms with Gasteiger partial charge in [-0.3, -0.25) is 0 Å². The monoisotopic (exact) mass is 254 g/mol. The summed E-state index contributed by atoms with van der Waals surface area (Å²) in [5.41, 5.74) is 0. The van der Waals surface area contributed by atoms with Crippen LogP contribution in [0.5, 0.6) is 0 Å². The molecule has 0 rings (SSSR count). The first-order valence-corrected chi connectivity index (χ1v) is 3.51. The molecule has 0 bridgehead atoms. The largest absolute Gasteiger partial charge is 1.00 e. The second kappa shape index (κ2) is 12.4. The third-order valence-electron chi connectivity index (χ3n) is 0.730. The van der Waals surface area contributed by atoms with Gasteiger partial charge in [-0.05, 0) is 6.08 Å². The number of carbonyl (C=O) groups excluding carboxylic acids is 1. The summed E-state index contributed by atoms with van der Waals surface area (Å²) in [5.74, 6) is -5.32. The van der Waals surface area contributed by atoms with Crippen molar-refractivity contribution in [2.45, 2.75) is 0 Å². The van der Waals surface area contributed by atoms with Crippen LogP contribution in [-0.2, 0) is 19.2 Å². The van der Waals surface area contributed by atoms with Crippen LogP contribution in [0, 0.1) is 0 Å². The van der Waals surface area contributed by atoms with Crippen LogP contribution in [0.15, 0.2) is 24.3 Å². The van der Waals surface area contributed by atoms with Crippen molar-refractivity contribution in [3.63, 3.8) is 0 Å². The molecule has 0 aliphatic carbocycles. The van der Waals surface area contributed by atoms with Gasteiger partial charge < -0.3 is 25.2 Å². The first-order chi connectivity index (χ1) is 7.25. The third-order valence-corrected chi connectivity index (χ3v) is 0.730. The van der Waals surface area contributed by atoms with Gasteiger partial charge in [-0.25, -0.2) is 14.4 Å². The number of carboxylic acid groups (broad SMARTS) is 4. The van der Waals surface area contributed by atoms with Crippen molar-refractivity contribution in [1.29, 1.82) is 0 Å². The SMILES string of the molecule is O=C(O)/C=C/C(=O)O.O=C([O-])/C=C/C(=O)O.[Na+]. The van der Waals surface area contributed by atoms with Crippen LogP contribution in [-0.4, -0.2) is 39.2 Å². The Hall–Kier alpha value is -1.64. The summed E-state index contributed by atoms with van der Waals surface area (Å²) in [5, 5.41) is 32.9. The number of hydrogen-bond acceptors (Lipinski definition) is 5. The molecule has 0 radical (unpaired) electrons. The van der Waals surface area contributed by atoms with E-state index >= 15 is 0 Å². The molecule has 0 heterocycles. The molecule has 0 aromatic heterocycles. The van der Waals surface area contributed by atoms with Gasteiger partial charge in [0.05, 0.1) is 5.97 Å². The van der Waals surface area contributed by atoms with Gasteiger partial charge in [0, 0.05) is 18.2 Å². The van der Waals surface area contributed by atoms with Gasteiger partial charge in [-0.15, -0.1) is 0 Å². The molecular formula is C8H7NaO8. The normalized spacial score (nSPS) is 8.94. The van der Waals surface area contributed by atoms with Crippen LogP contribution in [0.2, 0.25) is 0 Å². The first kappa shape index (κ1) is 20.7. The van der Waals surface area contributed by atoms with E-state index in [-0.39, 0.29) is 29.6 Å². The predicted molar refractivity (Wildman–Crippen MR) is 46.2 cm³/mol. The molecule has 8 nitrogen and oxygen atoms in total. The molecule has 88 valence electrons. The van der Waals surface area contributed by atoms with Crippen molar-refractivity contribution < 1.29 is 69.2 Å². The maximum absolute atomic E-state index is 9.55. The van der Waals surface area contributed by atoms with Gasteiger partial charge in [-0.1, -0.05) is 0 Å². The van der Waals surface area contributed by atoms with Crippen molar-refractivity contribution in [3.05, 3.63) is 24.3 Å². The minimum atomic E-state index is -1.51. The van der Waals surface area contributed by atoms with Gasteiger partial charge in [0.25, 0.3) is 0 Å². The summed E-state index contributed by atoms with van der Waals surface area (Å²) in [6.45, 7) is 0. The average molecular weight is 254 g/mol. The van der Waals surface area contributed by atoms with E-state index in [2.05, 4.69) is 0 Å². The Morgan fingerprint density at radius 2 is 0.941 bits per heavy atom. The Bertz CT molecular complexity index is 277.